The summed E-state index contributed by atoms with van der Waals surface area (Å²) >= 11 is 1.87. The molecule has 0 fully saturated rings. The topological polar surface area (TPSA) is 3.24 Å². The van der Waals surface area contributed by atoms with Gasteiger partial charge in [-0.05, 0) is 91.2 Å². The smallest absolute Gasteiger partial charge is 0.0540 e. The third-order valence-electron chi connectivity index (χ3n) is 13.3. The first-order valence-electron chi connectivity index (χ1n) is 21.9. The fourth-order valence-electron chi connectivity index (χ4n) is 10.5. The quantitative estimate of drug-likeness (QED) is 0.155. The van der Waals surface area contributed by atoms with Gasteiger partial charge in [-0.15, -0.1) is 11.3 Å². The van der Waals surface area contributed by atoms with Gasteiger partial charge in [-0.1, -0.05) is 208 Å². The number of thiophene rings is 1. The number of benzene rings is 10. The number of fused-ring (bicyclic) bond motifs is 7. The SMILES string of the molecule is CC1(C)c2ccccc2-c2c(-c3ccccc3N(c3ccccc3-c3cccc4cccc(-c5ccccc5)c34)c3ccccc3-c3cccc4sc5ccccc5c34)cccc21. The highest BCUT2D eigenvalue weighted by Gasteiger charge is 2.37. The molecular weight excluding hydrogens is 779 g/mol. The first kappa shape index (κ1) is 37.3. The Balaban J connectivity index is 1.17. The summed E-state index contributed by atoms with van der Waals surface area (Å²) in [6.07, 6.45) is 0. The lowest BCUT2D eigenvalue weighted by Gasteiger charge is -2.32. The van der Waals surface area contributed by atoms with Crippen LogP contribution in [-0.4, -0.2) is 0 Å². The Labute approximate surface area is 372 Å². The monoisotopic (exact) mass is 821 g/mol. The summed E-state index contributed by atoms with van der Waals surface area (Å²) in [6.45, 7) is 4.74. The van der Waals surface area contributed by atoms with Crippen molar-refractivity contribution in [2.45, 2.75) is 19.3 Å². The standard InChI is InChI=1S/C61H43NS/c1-61(2)51-33-11-6-27-49(51)59-47(31-18-34-52(59)61)44-25-8-13-36-54(44)62(55-37-14-9-26-45(55)48-32-19-39-57-60(48)50-28-10-15-38-56(50)63-57)53-35-12-7-24-43(53)46-30-17-23-41-22-16-29-42(58(41)46)40-20-4-3-5-21-40/h3-39H,1-2H3. The highest BCUT2D eigenvalue weighted by Crippen LogP contribution is 2.55. The van der Waals surface area contributed by atoms with Gasteiger partial charge in [0.05, 0.1) is 17.1 Å². The van der Waals surface area contributed by atoms with Crippen LogP contribution in [0.25, 0.3) is 86.6 Å². The van der Waals surface area contributed by atoms with E-state index in [2.05, 4.69) is 243 Å². The first-order valence-corrected chi connectivity index (χ1v) is 22.7. The van der Waals surface area contributed by atoms with E-state index in [1.807, 2.05) is 11.3 Å². The minimum absolute atomic E-state index is 0.122. The van der Waals surface area contributed by atoms with Crippen LogP contribution in [0, 0.1) is 0 Å². The summed E-state index contributed by atoms with van der Waals surface area (Å²) in [5.41, 5.74) is 18.3. The van der Waals surface area contributed by atoms with Crippen LogP contribution in [-0.2, 0) is 5.41 Å². The summed E-state index contributed by atoms with van der Waals surface area (Å²) < 4.78 is 2.59. The Kier molecular flexibility index (Phi) is 8.77. The molecule has 0 saturated carbocycles. The van der Waals surface area contributed by atoms with E-state index < -0.39 is 0 Å². The Morgan fingerprint density at radius 3 is 1.49 bits per heavy atom. The molecule has 1 nitrogen and oxygen atoms in total. The minimum atomic E-state index is -0.122. The van der Waals surface area contributed by atoms with Gasteiger partial charge in [0.25, 0.3) is 0 Å². The average molecular weight is 822 g/mol. The van der Waals surface area contributed by atoms with E-state index in [-0.39, 0.29) is 5.41 Å². The number of anilines is 3. The van der Waals surface area contributed by atoms with Crippen molar-refractivity contribution in [1.29, 1.82) is 0 Å². The van der Waals surface area contributed by atoms with Gasteiger partial charge in [0, 0.05) is 42.3 Å². The largest absolute Gasteiger partial charge is 0.309 e. The zero-order chi connectivity index (χ0) is 42.1. The van der Waals surface area contributed by atoms with Crippen LogP contribution in [0.3, 0.4) is 0 Å². The van der Waals surface area contributed by atoms with Gasteiger partial charge < -0.3 is 4.90 Å². The van der Waals surface area contributed by atoms with Crippen molar-refractivity contribution in [2.24, 2.45) is 0 Å². The first-order chi connectivity index (χ1) is 31.1. The molecule has 0 saturated heterocycles. The third-order valence-corrected chi connectivity index (χ3v) is 14.4. The van der Waals surface area contributed by atoms with Crippen LogP contribution in [0.4, 0.5) is 17.1 Å². The van der Waals surface area contributed by atoms with Gasteiger partial charge in [0.2, 0.25) is 0 Å². The summed E-state index contributed by atoms with van der Waals surface area (Å²) in [5, 5.41) is 5.05. The number of hydrogen-bond acceptors (Lipinski definition) is 2. The van der Waals surface area contributed by atoms with E-state index in [9.17, 15) is 0 Å². The lowest BCUT2D eigenvalue weighted by Crippen LogP contribution is -2.15. The molecule has 1 heterocycles. The van der Waals surface area contributed by atoms with E-state index in [4.69, 9.17) is 0 Å². The summed E-state index contributed by atoms with van der Waals surface area (Å²) in [4.78, 5) is 2.56. The predicted octanol–water partition coefficient (Wildman–Crippen LogP) is 17.7. The van der Waals surface area contributed by atoms with Crippen LogP contribution in [0.15, 0.2) is 224 Å². The average Bonchev–Trinajstić information content (AvgIpc) is 3.84. The van der Waals surface area contributed by atoms with Crippen molar-refractivity contribution in [2.75, 3.05) is 4.90 Å². The van der Waals surface area contributed by atoms with Crippen molar-refractivity contribution in [3.8, 4) is 55.6 Å². The van der Waals surface area contributed by atoms with Gasteiger partial charge in [0.15, 0.2) is 0 Å². The fourth-order valence-corrected chi connectivity index (χ4v) is 11.6. The van der Waals surface area contributed by atoms with E-state index in [1.54, 1.807) is 0 Å². The zero-order valence-corrected chi connectivity index (χ0v) is 36.0. The molecule has 1 aliphatic carbocycles. The molecule has 63 heavy (non-hydrogen) atoms. The highest BCUT2D eigenvalue weighted by atomic mass is 32.1. The Morgan fingerprint density at radius 1 is 0.333 bits per heavy atom. The number of para-hydroxylation sites is 3. The summed E-state index contributed by atoms with van der Waals surface area (Å²) in [6, 6.07) is 83.0. The number of rotatable bonds is 7. The van der Waals surface area contributed by atoms with Crippen LogP contribution >= 0.6 is 11.3 Å². The van der Waals surface area contributed by atoms with E-state index in [0.29, 0.717) is 0 Å². The van der Waals surface area contributed by atoms with Crippen LogP contribution in [0.2, 0.25) is 0 Å². The lowest BCUT2D eigenvalue weighted by atomic mass is 9.82. The predicted molar refractivity (Wildman–Crippen MR) is 271 cm³/mol. The molecule has 0 spiro atoms. The second-order valence-electron chi connectivity index (χ2n) is 17.1. The molecule has 1 aromatic heterocycles. The molecule has 0 unspecified atom stereocenters. The molecule has 0 bridgehead atoms. The second kappa shape index (κ2) is 14.8. The zero-order valence-electron chi connectivity index (χ0n) is 35.2. The van der Waals surface area contributed by atoms with Crippen LogP contribution in [0.1, 0.15) is 25.0 Å². The molecule has 1 aliphatic rings. The van der Waals surface area contributed by atoms with Gasteiger partial charge in [-0.2, -0.15) is 0 Å². The van der Waals surface area contributed by atoms with Crippen LogP contribution < -0.4 is 4.90 Å². The second-order valence-corrected chi connectivity index (χ2v) is 18.2. The Bertz CT molecular complexity index is 3550. The Morgan fingerprint density at radius 2 is 0.794 bits per heavy atom. The minimum Gasteiger partial charge on any atom is -0.309 e. The van der Waals surface area contributed by atoms with E-state index in [1.165, 1.54) is 97.7 Å². The van der Waals surface area contributed by atoms with Crippen LogP contribution in [0.5, 0.6) is 0 Å². The molecule has 0 N–H and O–H groups in total. The maximum Gasteiger partial charge on any atom is 0.0540 e. The van der Waals surface area contributed by atoms with Gasteiger partial charge >= 0.3 is 0 Å². The molecule has 10 aromatic carbocycles. The molecule has 0 atom stereocenters. The highest BCUT2D eigenvalue weighted by molar-refractivity contribution is 7.25. The molecule has 2 heteroatoms. The molecule has 0 aliphatic heterocycles. The molecule has 0 amide bonds. The maximum atomic E-state index is 2.56. The van der Waals surface area contributed by atoms with Crippen molar-refractivity contribution in [1.82, 2.24) is 0 Å². The molecule has 298 valence electrons. The van der Waals surface area contributed by atoms with E-state index in [0.717, 1.165) is 17.1 Å². The van der Waals surface area contributed by atoms with Crippen molar-refractivity contribution >= 4 is 59.3 Å². The van der Waals surface area contributed by atoms with E-state index >= 15 is 0 Å². The number of hydrogen-bond donors (Lipinski definition) is 0. The Hall–Kier alpha value is -7.52. The van der Waals surface area contributed by atoms with Gasteiger partial charge in [0.1, 0.15) is 0 Å². The normalized spacial score (nSPS) is 12.7. The van der Waals surface area contributed by atoms with Crippen molar-refractivity contribution in [3.63, 3.8) is 0 Å². The maximum absolute atomic E-state index is 2.56. The summed E-state index contributed by atoms with van der Waals surface area (Å²) in [7, 11) is 0. The third kappa shape index (κ3) is 5.90. The number of nitrogens with zero attached hydrogens (tertiary/aromatic N) is 1. The molecule has 0 radical (unpaired) electrons. The lowest BCUT2D eigenvalue weighted by molar-refractivity contribution is 0.660. The van der Waals surface area contributed by atoms with Crippen molar-refractivity contribution in [3.05, 3.63) is 236 Å². The van der Waals surface area contributed by atoms with Gasteiger partial charge in [-0.3, -0.25) is 0 Å². The van der Waals surface area contributed by atoms with Gasteiger partial charge in [-0.25, -0.2) is 0 Å². The molecular formula is C61H43NS. The fraction of sp³-hybridized carbons (Fsp3) is 0.0492. The molecule has 11 aromatic rings. The summed E-state index contributed by atoms with van der Waals surface area (Å²) in [5.74, 6) is 0. The van der Waals surface area contributed by atoms with Crippen molar-refractivity contribution < 1.29 is 0 Å². The molecule has 12 rings (SSSR count).